The first-order valence-corrected chi connectivity index (χ1v) is 13.0. The number of ketones is 1. The number of aromatic nitrogens is 1. The van der Waals surface area contributed by atoms with E-state index in [2.05, 4.69) is 28.4 Å². The number of carbonyl (C=O) groups is 3. The topological polar surface area (TPSA) is 122 Å². The van der Waals surface area contributed by atoms with Gasteiger partial charge in [-0.15, -0.1) is 0 Å². The van der Waals surface area contributed by atoms with Crippen LogP contribution >= 0.6 is 35.6 Å². The first-order valence-electron chi connectivity index (χ1n) is 11.2. The van der Waals surface area contributed by atoms with Crippen molar-refractivity contribution in [1.29, 1.82) is 0 Å². The zero-order chi connectivity index (χ0) is 26.6. The van der Waals surface area contributed by atoms with E-state index in [0.29, 0.717) is 16.9 Å². The van der Waals surface area contributed by atoms with E-state index in [9.17, 15) is 19.5 Å². The number of nitrogens with one attached hydrogen (secondary N) is 2. The maximum atomic E-state index is 13.5. The molecule has 0 fully saturated rings. The van der Waals surface area contributed by atoms with Gasteiger partial charge in [-0.3, -0.25) is 14.4 Å². The van der Waals surface area contributed by atoms with E-state index in [1.165, 1.54) is 29.5 Å². The summed E-state index contributed by atoms with van der Waals surface area (Å²) in [6, 6.07) is 5.74. The second-order valence-electron chi connectivity index (χ2n) is 9.21. The number of aromatic hydroxyl groups is 1. The van der Waals surface area contributed by atoms with Crippen molar-refractivity contribution in [1.82, 2.24) is 15.8 Å². The average Bonchev–Trinajstić information content (AvgIpc) is 3.51. The minimum atomic E-state index is -1.09. The third-order valence-corrected chi connectivity index (χ3v) is 6.66. The predicted molar refractivity (Wildman–Crippen MR) is 142 cm³/mol. The van der Waals surface area contributed by atoms with Crippen LogP contribution in [0.2, 0.25) is 5.02 Å². The van der Waals surface area contributed by atoms with E-state index in [1.54, 1.807) is 31.4 Å². The van der Waals surface area contributed by atoms with Gasteiger partial charge in [-0.25, -0.2) is 0 Å². The fourth-order valence-corrected chi connectivity index (χ4v) is 4.38. The summed E-state index contributed by atoms with van der Waals surface area (Å²) >= 11 is 11.8. The number of carbonyl (C=O) groups excluding carboxylic acids is 3. The number of hydrogen-bond acceptors (Lipinski definition) is 8. The molecule has 11 heteroatoms. The van der Waals surface area contributed by atoms with Crippen LogP contribution in [0.4, 0.5) is 0 Å². The fraction of sp³-hybridized carbons (Fsp3) is 0.360. The summed E-state index contributed by atoms with van der Waals surface area (Å²) < 4.78 is 4.19. The van der Waals surface area contributed by atoms with Crippen LogP contribution < -0.4 is 10.6 Å². The molecule has 0 aliphatic rings. The predicted octanol–water partition coefficient (Wildman–Crippen LogP) is 4.69. The molecule has 1 aromatic carbocycles. The number of phenols is 1. The van der Waals surface area contributed by atoms with Crippen molar-refractivity contribution in [3.63, 3.8) is 0 Å². The van der Waals surface area contributed by atoms with Gasteiger partial charge in [-0.2, -0.15) is 24.0 Å². The van der Waals surface area contributed by atoms with Gasteiger partial charge in [0.1, 0.15) is 23.6 Å². The second-order valence-corrected chi connectivity index (χ2v) is 11.5. The molecule has 3 aromatic rings. The van der Waals surface area contributed by atoms with Crippen molar-refractivity contribution in [3.05, 3.63) is 68.7 Å². The summed E-state index contributed by atoms with van der Waals surface area (Å²) in [5.74, 6) is -1.03. The molecule has 2 amide bonds. The number of benzene rings is 1. The Labute approximate surface area is 223 Å². The molecule has 3 N–H and O–H groups in total. The highest BCUT2D eigenvalue weighted by Gasteiger charge is 2.35. The first kappa shape index (κ1) is 27.8. The van der Waals surface area contributed by atoms with Gasteiger partial charge < -0.3 is 20.3 Å². The van der Waals surface area contributed by atoms with Crippen molar-refractivity contribution in [2.75, 3.05) is 0 Å². The Hall–Kier alpha value is -2.82. The van der Waals surface area contributed by atoms with E-state index in [-0.39, 0.29) is 34.6 Å². The summed E-state index contributed by atoms with van der Waals surface area (Å²) in [6.07, 6.45) is 0.0429. The molecule has 0 bridgehead atoms. The van der Waals surface area contributed by atoms with Crippen molar-refractivity contribution < 1.29 is 24.0 Å². The van der Waals surface area contributed by atoms with Gasteiger partial charge in [-0.05, 0) is 53.9 Å². The summed E-state index contributed by atoms with van der Waals surface area (Å²) in [4.78, 5) is 39.6. The Kier molecular flexibility index (Phi) is 8.86. The number of thiol groups is 1. The minimum Gasteiger partial charge on any atom is -0.506 e. The van der Waals surface area contributed by atoms with Crippen molar-refractivity contribution in [3.8, 4) is 5.75 Å². The van der Waals surface area contributed by atoms with Crippen LogP contribution in [-0.2, 0) is 16.0 Å². The first-order chi connectivity index (χ1) is 16.9. The molecule has 0 aliphatic carbocycles. The summed E-state index contributed by atoms with van der Waals surface area (Å²) in [5, 5.41) is 22.7. The van der Waals surface area contributed by atoms with Crippen LogP contribution in [0.15, 0.2) is 45.6 Å². The Morgan fingerprint density at radius 2 is 1.92 bits per heavy atom. The third kappa shape index (κ3) is 6.89. The summed E-state index contributed by atoms with van der Waals surface area (Å²) in [5.41, 5.74) is 1.24. The number of hydrogen-bond donors (Lipinski definition) is 4. The highest BCUT2D eigenvalue weighted by atomic mass is 35.5. The average molecular weight is 550 g/mol. The van der Waals surface area contributed by atoms with Crippen LogP contribution in [0.3, 0.4) is 0 Å². The molecule has 0 saturated heterocycles. The molecule has 3 rings (SSSR count). The van der Waals surface area contributed by atoms with E-state index >= 15 is 0 Å². The molecule has 2 heterocycles. The third-order valence-electron chi connectivity index (χ3n) is 5.43. The Balaban J connectivity index is 1.90. The number of thiophene rings is 1. The lowest BCUT2D eigenvalue weighted by Gasteiger charge is -2.27. The highest BCUT2D eigenvalue weighted by Crippen LogP contribution is 2.27. The zero-order valence-electron chi connectivity index (χ0n) is 20.2. The number of rotatable bonds is 10. The molecule has 192 valence electrons. The number of Topliss-reactive ketones (excluding diaryl/α,β-unsaturated/α-hetero) is 1. The molecule has 0 aliphatic heterocycles. The van der Waals surface area contributed by atoms with Crippen LogP contribution in [0.1, 0.15) is 67.0 Å². The van der Waals surface area contributed by atoms with Gasteiger partial charge >= 0.3 is 0 Å². The quantitative estimate of drug-likeness (QED) is 0.272. The number of phenolic OH excluding ortho intramolecular Hbond substituents is 1. The lowest BCUT2D eigenvalue weighted by Crippen LogP contribution is -2.51. The lowest BCUT2D eigenvalue weighted by molar-refractivity contribution is -0.129. The molecule has 1 unspecified atom stereocenters. The molecule has 0 saturated carbocycles. The SMILES string of the molecule is CC(C)c1cc(C(=O)NC(Cc2ccc(O)c(Cl)c2)C(=O)N[C@H](C(=O)C(C)(C)S)c2ccsc2)no1. The fourth-order valence-electron chi connectivity index (χ4n) is 3.36. The maximum absolute atomic E-state index is 13.5. The number of nitrogens with zero attached hydrogens (tertiary/aromatic N) is 1. The van der Waals surface area contributed by atoms with Crippen molar-refractivity contribution in [2.45, 2.75) is 56.9 Å². The monoisotopic (exact) mass is 549 g/mol. The van der Waals surface area contributed by atoms with Gasteiger partial charge in [0.05, 0.1) is 9.77 Å². The lowest BCUT2D eigenvalue weighted by atomic mass is 9.95. The Morgan fingerprint density at radius 1 is 1.19 bits per heavy atom. The molecule has 8 nitrogen and oxygen atoms in total. The van der Waals surface area contributed by atoms with Crippen molar-refractivity contribution in [2.24, 2.45) is 0 Å². The van der Waals surface area contributed by atoms with Gasteiger partial charge in [-0.1, -0.05) is 36.7 Å². The van der Waals surface area contributed by atoms with Crippen LogP contribution in [0.25, 0.3) is 0 Å². The smallest absolute Gasteiger partial charge is 0.274 e. The normalized spacial score (nSPS) is 13.3. The standard InChI is InChI=1S/C25H28ClN3O5S2/c1-13(2)20-11-18(29-34-20)24(33)27-17(10-14-5-6-19(30)16(26)9-14)23(32)28-21(15-7-8-36-12-15)22(31)25(3,4)35/h5-9,11-13,17,21,30,35H,10H2,1-4H3,(H,27,33)(H,28,32)/t17?,21-/m0/s1. The van der Waals surface area contributed by atoms with Gasteiger partial charge in [0.2, 0.25) is 5.91 Å². The zero-order valence-corrected chi connectivity index (χ0v) is 22.7. The van der Waals surface area contributed by atoms with Gasteiger partial charge in [0.15, 0.2) is 11.5 Å². The molecule has 2 atom stereocenters. The van der Waals surface area contributed by atoms with E-state index in [4.69, 9.17) is 16.1 Å². The summed E-state index contributed by atoms with van der Waals surface area (Å²) in [6.45, 7) is 7.10. The number of amides is 2. The van der Waals surface area contributed by atoms with E-state index in [0.717, 1.165) is 0 Å². The minimum absolute atomic E-state index is 0.0271. The summed E-state index contributed by atoms with van der Waals surface area (Å²) in [7, 11) is 0. The molecular weight excluding hydrogens is 522 g/mol. The Morgan fingerprint density at radius 3 is 2.47 bits per heavy atom. The largest absolute Gasteiger partial charge is 0.506 e. The molecule has 2 aromatic heterocycles. The molecular formula is C25H28ClN3O5S2. The molecule has 0 radical (unpaired) electrons. The van der Waals surface area contributed by atoms with E-state index < -0.39 is 28.6 Å². The highest BCUT2D eigenvalue weighted by molar-refractivity contribution is 7.82. The number of halogens is 1. The van der Waals surface area contributed by atoms with Crippen molar-refractivity contribution >= 4 is 53.2 Å². The second kappa shape index (κ2) is 11.5. The van der Waals surface area contributed by atoms with Crippen LogP contribution in [-0.4, -0.2) is 38.6 Å². The van der Waals surface area contributed by atoms with Crippen LogP contribution in [0.5, 0.6) is 5.75 Å². The van der Waals surface area contributed by atoms with Gasteiger partial charge in [0, 0.05) is 18.4 Å². The van der Waals surface area contributed by atoms with Gasteiger partial charge in [0.25, 0.3) is 5.91 Å². The van der Waals surface area contributed by atoms with E-state index in [1.807, 2.05) is 19.2 Å². The maximum Gasteiger partial charge on any atom is 0.274 e. The van der Waals surface area contributed by atoms with Crippen LogP contribution in [0, 0.1) is 0 Å². The molecule has 36 heavy (non-hydrogen) atoms. The Bertz CT molecular complexity index is 1230. The molecule has 0 spiro atoms.